The first kappa shape index (κ1) is 35.3. The van der Waals surface area contributed by atoms with Crippen LogP contribution in [-0.4, -0.2) is 39.1 Å². The second-order valence-corrected chi connectivity index (χ2v) is 13.0. The van der Waals surface area contributed by atoms with Gasteiger partial charge in [0, 0.05) is 54.1 Å². The van der Waals surface area contributed by atoms with Gasteiger partial charge in [-0.05, 0) is 42.0 Å². The van der Waals surface area contributed by atoms with Crippen molar-refractivity contribution in [1.82, 2.24) is 20.1 Å². The molecule has 254 valence electrons. The number of nitrogens with one attached hydrogen (secondary N) is 1. The van der Waals surface area contributed by atoms with E-state index in [4.69, 9.17) is 15.0 Å². The molecular weight excluding hydrogens is 649 g/mol. The van der Waals surface area contributed by atoms with E-state index in [1.807, 2.05) is 43.5 Å². The van der Waals surface area contributed by atoms with Gasteiger partial charge in [0.05, 0.1) is 28.0 Å². The SMILES string of the molecule is CC(C)NCc1ccccc1N(C)C(=O)OC(C)[n+]1cnn(CC(O)(c2cc(F)ccc2F)C(C)c2nc(-c3ccc(C#N)cc3)cs2)c1. The molecule has 2 heterocycles. The van der Waals surface area contributed by atoms with Crippen molar-refractivity contribution in [3.63, 3.8) is 0 Å². The van der Waals surface area contributed by atoms with Crippen molar-refractivity contribution in [1.29, 1.82) is 5.26 Å². The molecule has 49 heavy (non-hydrogen) atoms. The molecule has 2 aromatic heterocycles. The number of ether oxygens (including phenoxy) is 1. The van der Waals surface area contributed by atoms with E-state index in [9.17, 15) is 14.3 Å². The summed E-state index contributed by atoms with van der Waals surface area (Å²) in [5.74, 6) is -2.30. The fraction of sp³-hybridized carbons (Fsp3) is 0.306. The van der Waals surface area contributed by atoms with Crippen LogP contribution in [0.3, 0.4) is 0 Å². The van der Waals surface area contributed by atoms with Crippen LogP contribution in [0.4, 0.5) is 19.3 Å². The Bertz CT molecular complexity index is 1960. The van der Waals surface area contributed by atoms with Crippen LogP contribution in [0.5, 0.6) is 0 Å². The van der Waals surface area contributed by atoms with E-state index in [0.29, 0.717) is 28.5 Å². The molecule has 0 bridgehead atoms. The Labute approximate surface area is 287 Å². The van der Waals surface area contributed by atoms with E-state index in [1.165, 1.54) is 38.1 Å². The third kappa shape index (κ3) is 8.00. The average Bonchev–Trinajstić information content (AvgIpc) is 3.78. The molecule has 0 radical (unpaired) electrons. The van der Waals surface area contributed by atoms with Crippen molar-refractivity contribution in [3.8, 4) is 17.3 Å². The van der Waals surface area contributed by atoms with E-state index in [0.717, 1.165) is 29.3 Å². The number of rotatable bonds is 12. The van der Waals surface area contributed by atoms with Gasteiger partial charge < -0.3 is 15.2 Å². The molecule has 1 amide bonds. The summed E-state index contributed by atoms with van der Waals surface area (Å²) in [6, 6.07) is 19.8. The third-order valence-corrected chi connectivity index (χ3v) is 9.36. The summed E-state index contributed by atoms with van der Waals surface area (Å²) in [6.45, 7) is 7.76. The van der Waals surface area contributed by atoms with E-state index < -0.39 is 35.5 Å². The van der Waals surface area contributed by atoms with Gasteiger partial charge in [0.1, 0.15) is 23.8 Å². The molecular formula is C36H38F2N7O3S+. The summed E-state index contributed by atoms with van der Waals surface area (Å²) >= 11 is 1.27. The number of carbonyl (C=O) groups excluding carboxylic acids is 1. The monoisotopic (exact) mass is 686 g/mol. The molecule has 0 saturated heterocycles. The van der Waals surface area contributed by atoms with Gasteiger partial charge in [-0.25, -0.2) is 18.6 Å². The fourth-order valence-electron chi connectivity index (χ4n) is 5.37. The minimum atomic E-state index is -2.00. The number of thiazole rings is 1. The van der Waals surface area contributed by atoms with Crippen molar-refractivity contribution in [2.24, 2.45) is 0 Å². The van der Waals surface area contributed by atoms with E-state index >= 15 is 4.39 Å². The predicted octanol–water partition coefficient (Wildman–Crippen LogP) is 6.42. The number of aliphatic hydroxyl groups is 1. The maximum Gasteiger partial charge on any atom is 0.416 e. The largest absolute Gasteiger partial charge is 0.416 e. The highest BCUT2D eigenvalue weighted by molar-refractivity contribution is 7.10. The molecule has 0 spiro atoms. The van der Waals surface area contributed by atoms with Gasteiger partial charge in [-0.3, -0.25) is 4.90 Å². The molecule has 5 rings (SSSR count). The standard InChI is InChI=1S/C36H38F2N7O3S/c1-23(2)40-18-28-8-6-7-9-33(28)43(5)35(46)48-25(4)44-21-41-45(22-44)20-36(47,30-16-29(37)14-15-31(30)38)24(3)34-42-32(19-49-34)27-12-10-26(17-39)11-13-27/h6-16,19,21-25,40,47H,18,20H2,1-5H3/q+1. The van der Waals surface area contributed by atoms with Crippen LogP contribution >= 0.6 is 11.3 Å². The van der Waals surface area contributed by atoms with Gasteiger partial charge in [0.15, 0.2) is 0 Å². The number of para-hydroxylation sites is 1. The lowest BCUT2D eigenvalue weighted by atomic mass is 9.82. The van der Waals surface area contributed by atoms with Crippen LogP contribution in [0.25, 0.3) is 11.3 Å². The van der Waals surface area contributed by atoms with Gasteiger partial charge in [-0.1, -0.05) is 51.1 Å². The van der Waals surface area contributed by atoms with Crippen LogP contribution in [0.15, 0.2) is 84.8 Å². The lowest BCUT2D eigenvalue weighted by Gasteiger charge is -2.32. The molecule has 3 atom stereocenters. The zero-order chi connectivity index (χ0) is 35.3. The highest BCUT2D eigenvalue weighted by atomic mass is 32.1. The van der Waals surface area contributed by atoms with Crippen molar-refractivity contribution in [2.45, 2.75) is 64.6 Å². The lowest BCUT2D eigenvalue weighted by Crippen LogP contribution is -2.42. The normalized spacial score (nSPS) is 13.8. The molecule has 3 unspecified atom stereocenters. The first-order chi connectivity index (χ1) is 23.4. The number of aromatic nitrogens is 4. The van der Waals surface area contributed by atoms with E-state index in [2.05, 4.69) is 16.5 Å². The minimum absolute atomic E-state index is 0.246. The maximum atomic E-state index is 15.3. The van der Waals surface area contributed by atoms with Crippen LogP contribution in [0.1, 0.15) is 61.5 Å². The summed E-state index contributed by atoms with van der Waals surface area (Å²) in [5, 5.41) is 31.4. The first-order valence-electron chi connectivity index (χ1n) is 15.7. The fourth-order valence-corrected chi connectivity index (χ4v) is 6.34. The van der Waals surface area contributed by atoms with Crippen LogP contribution in [0.2, 0.25) is 0 Å². The minimum Gasteiger partial charge on any atom is -0.412 e. The second-order valence-electron chi connectivity index (χ2n) is 12.1. The zero-order valence-corrected chi connectivity index (χ0v) is 28.7. The van der Waals surface area contributed by atoms with Crippen molar-refractivity contribution in [2.75, 3.05) is 11.9 Å². The molecule has 2 N–H and O–H groups in total. The molecule has 0 aliphatic rings. The molecule has 10 nitrogen and oxygen atoms in total. The van der Waals surface area contributed by atoms with Gasteiger partial charge in [-0.15, -0.1) is 16.0 Å². The Morgan fingerprint density at radius 2 is 1.88 bits per heavy atom. The number of halogens is 2. The molecule has 0 fully saturated rings. The van der Waals surface area contributed by atoms with Gasteiger partial charge in [0.2, 0.25) is 12.6 Å². The van der Waals surface area contributed by atoms with E-state index in [-0.39, 0.29) is 18.2 Å². The number of carbonyl (C=O) groups is 1. The Morgan fingerprint density at radius 3 is 2.59 bits per heavy atom. The number of nitrogens with zero attached hydrogens (tertiary/aromatic N) is 6. The van der Waals surface area contributed by atoms with Crippen molar-refractivity contribution in [3.05, 3.63) is 118 Å². The average molecular weight is 687 g/mol. The zero-order valence-electron chi connectivity index (χ0n) is 27.8. The first-order valence-corrected chi connectivity index (χ1v) is 16.6. The Morgan fingerprint density at radius 1 is 1.14 bits per heavy atom. The summed E-state index contributed by atoms with van der Waals surface area (Å²) in [4.78, 5) is 19.3. The van der Waals surface area contributed by atoms with Crippen molar-refractivity contribution >= 4 is 23.1 Å². The van der Waals surface area contributed by atoms with Gasteiger partial charge >= 0.3 is 6.09 Å². The number of hydrogen-bond donors (Lipinski definition) is 2. The Balaban J connectivity index is 1.37. The summed E-state index contributed by atoms with van der Waals surface area (Å²) in [5.41, 5.74) is 1.30. The highest BCUT2D eigenvalue weighted by Crippen LogP contribution is 2.41. The maximum absolute atomic E-state index is 15.3. The number of benzene rings is 3. The topological polar surface area (TPSA) is 120 Å². The number of amides is 1. The third-order valence-electron chi connectivity index (χ3n) is 8.34. The number of anilines is 1. The lowest BCUT2D eigenvalue weighted by molar-refractivity contribution is -0.753. The molecule has 13 heteroatoms. The van der Waals surface area contributed by atoms with Gasteiger partial charge in [0.25, 0.3) is 6.33 Å². The number of nitriles is 1. The van der Waals surface area contributed by atoms with Crippen LogP contribution in [0, 0.1) is 23.0 Å². The Kier molecular flexibility index (Phi) is 10.8. The van der Waals surface area contributed by atoms with Crippen LogP contribution < -0.4 is 14.8 Å². The molecule has 0 saturated carbocycles. The second kappa shape index (κ2) is 15.0. The smallest absolute Gasteiger partial charge is 0.412 e. The molecule has 3 aromatic carbocycles. The van der Waals surface area contributed by atoms with E-state index in [1.54, 1.807) is 45.2 Å². The van der Waals surface area contributed by atoms with Crippen LogP contribution in [-0.2, 0) is 23.4 Å². The Hall–Kier alpha value is -5.03. The molecule has 0 aliphatic heterocycles. The number of hydrogen-bond acceptors (Lipinski definition) is 8. The van der Waals surface area contributed by atoms with Gasteiger partial charge in [-0.2, -0.15) is 9.83 Å². The molecule has 0 aliphatic carbocycles. The molecule has 5 aromatic rings. The summed E-state index contributed by atoms with van der Waals surface area (Å²) < 4.78 is 38.5. The highest BCUT2D eigenvalue weighted by Gasteiger charge is 2.43. The summed E-state index contributed by atoms with van der Waals surface area (Å²) in [7, 11) is 1.64. The quantitative estimate of drug-likeness (QED) is 0.145. The summed E-state index contributed by atoms with van der Waals surface area (Å²) in [6.07, 6.45) is 1.57. The van der Waals surface area contributed by atoms with Crippen molar-refractivity contribution < 1.29 is 28.0 Å². The predicted molar refractivity (Wildman–Crippen MR) is 181 cm³/mol.